The number of nitrogens with one attached hydrogen (secondary N) is 1. The minimum atomic E-state index is -0.534. The number of carbonyl (C=O) groups is 1. The Morgan fingerprint density at radius 3 is 2.75 bits per heavy atom. The summed E-state index contributed by atoms with van der Waals surface area (Å²) in [7, 11) is 0. The Balaban J connectivity index is 1.79. The minimum Gasteiger partial charge on any atom is -0.336 e. The molecule has 2 atom stereocenters. The molecule has 1 aromatic rings. The van der Waals surface area contributed by atoms with Gasteiger partial charge in [-0.3, -0.25) is 9.78 Å². The van der Waals surface area contributed by atoms with E-state index in [-0.39, 0.29) is 17.5 Å². The van der Waals surface area contributed by atoms with Crippen LogP contribution in [-0.2, 0) is 0 Å². The molecule has 2 bridgehead atoms. The van der Waals surface area contributed by atoms with Crippen LogP contribution in [0.4, 0.5) is 4.39 Å². The van der Waals surface area contributed by atoms with Crippen molar-refractivity contribution in [1.82, 2.24) is 15.2 Å². The Morgan fingerprint density at radius 2 is 2.15 bits per heavy atom. The molecule has 2 unspecified atom stereocenters. The third kappa shape index (κ3) is 2.42. The summed E-state index contributed by atoms with van der Waals surface area (Å²) in [5.41, 5.74) is 0.132. The molecule has 0 spiro atoms. The number of hydrogen-bond donors (Lipinski definition) is 1. The molecule has 0 radical (unpaired) electrons. The molecule has 2 fully saturated rings. The van der Waals surface area contributed by atoms with Crippen molar-refractivity contribution in [2.75, 3.05) is 6.54 Å². The zero-order valence-electron chi connectivity index (χ0n) is 11.7. The lowest BCUT2D eigenvalue weighted by Gasteiger charge is -2.37. The first-order valence-corrected chi connectivity index (χ1v) is 7.35. The predicted molar refractivity (Wildman–Crippen MR) is 73.9 cm³/mol. The number of fused-ring (bicyclic) bond motifs is 2. The second-order valence-corrected chi connectivity index (χ2v) is 5.71. The molecule has 108 valence electrons. The van der Waals surface area contributed by atoms with Crippen LogP contribution in [0.3, 0.4) is 0 Å². The number of amides is 1. The third-order valence-electron chi connectivity index (χ3n) is 4.49. The van der Waals surface area contributed by atoms with Gasteiger partial charge < -0.3 is 10.2 Å². The quantitative estimate of drug-likeness (QED) is 0.918. The van der Waals surface area contributed by atoms with E-state index in [1.165, 1.54) is 25.1 Å². The maximum atomic E-state index is 13.7. The minimum absolute atomic E-state index is 0.132. The van der Waals surface area contributed by atoms with Crippen molar-refractivity contribution < 1.29 is 9.18 Å². The number of hydrogen-bond acceptors (Lipinski definition) is 3. The molecule has 20 heavy (non-hydrogen) atoms. The first-order valence-electron chi connectivity index (χ1n) is 7.35. The maximum absolute atomic E-state index is 13.7. The zero-order valence-corrected chi connectivity index (χ0v) is 11.7. The normalized spacial score (nSPS) is 28.4. The van der Waals surface area contributed by atoms with Crippen molar-refractivity contribution in [1.29, 1.82) is 0 Å². The van der Waals surface area contributed by atoms with Crippen LogP contribution in [0.15, 0.2) is 18.5 Å². The number of carbonyl (C=O) groups excluding carboxylic acids is 1. The molecule has 2 saturated heterocycles. The fraction of sp³-hybridized carbons (Fsp3) is 0.600. The summed E-state index contributed by atoms with van der Waals surface area (Å²) >= 11 is 0. The van der Waals surface area contributed by atoms with Crippen molar-refractivity contribution in [3.63, 3.8) is 0 Å². The number of piperidine rings is 1. The van der Waals surface area contributed by atoms with Gasteiger partial charge in [-0.2, -0.15) is 0 Å². The van der Waals surface area contributed by atoms with Crippen LogP contribution in [0.1, 0.15) is 43.0 Å². The fourth-order valence-corrected chi connectivity index (χ4v) is 3.55. The molecule has 0 saturated carbocycles. The van der Waals surface area contributed by atoms with Crippen molar-refractivity contribution in [3.05, 3.63) is 29.8 Å². The molecule has 0 aliphatic carbocycles. The average Bonchev–Trinajstić information content (AvgIpc) is 2.79. The molecule has 1 N–H and O–H groups in total. The van der Waals surface area contributed by atoms with Gasteiger partial charge in [0.25, 0.3) is 5.91 Å². The summed E-state index contributed by atoms with van der Waals surface area (Å²) in [5.74, 6) is -0.744. The van der Waals surface area contributed by atoms with E-state index in [9.17, 15) is 9.18 Å². The molecule has 0 aromatic carbocycles. The highest BCUT2D eigenvalue weighted by atomic mass is 19.1. The summed E-state index contributed by atoms with van der Waals surface area (Å²) < 4.78 is 13.7. The number of nitrogens with zero attached hydrogens (tertiary/aromatic N) is 2. The SMILES string of the molecule is CCN(C(=O)c1ccncc1F)C1CC2CCC(C1)N2. The van der Waals surface area contributed by atoms with Crippen molar-refractivity contribution >= 4 is 5.91 Å². The molecule has 1 aromatic heterocycles. The number of rotatable bonds is 3. The van der Waals surface area contributed by atoms with E-state index in [1.54, 1.807) is 0 Å². The summed E-state index contributed by atoms with van der Waals surface area (Å²) in [4.78, 5) is 18.1. The standard InChI is InChI=1S/C15H20FN3O/c1-2-19(12-7-10-3-4-11(8-12)18-10)15(20)13-5-6-17-9-14(13)16/h5-6,9-12,18H,2-4,7-8H2,1H3. The molecule has 2 aliphatic rings. The number of aromatic nitrogens is 1. The molecular weight excluding hydrogens is 257 g/mol. The van der Waals surface area contributed by atoms with Gasteiger partial charge in [0.15, 0.2) is 5.82 Å². The van der Waals surface area contributed by atoms with E-state index in [1.807, 2.05) is 11.8 Å². The molecule has 3 heterocycles. The van der Waals surface area contributed by atoms with Crippen LogP contribution >= 0.6 is 0 Å². The monoisotopic (exact) mass is 277 g/mol. The van der Waals surface area contributed by atoms with Gasteiger partial charge in [-0.25, -0.2) is 4.39 Å². The van der Waals surface area contributed by atoms with Crippen LogP contribution < -0.4 is 5.32 Å². The second kappa shape index (κ2) is 5.48. The van der Waals surface area contributed by atoms with E-state index in [4.69, 9.17) is 0 Å². The summed E-state index contributed by atoms with van der Waals surface area (Å²) in [6, 6.07) is 2.72. The van der Waals surface area contributed by atoms with E-state index >= 15 is 0 Å². The van der Waals surface area contributed by atoms with Crippen molar-refractivity contribution in [2.24, 2.45) is 0 Å². The molecular formula is C15H20FN3O. The van der Waals surface area contributed by atoms with Gasteiger partial charge in [0, 0.05) is 30.9 Å². The van der Waals surface area contributed by atoms with E-state index in [0.29, 0.717) is 18.6 Å². The first-order chi connectivity index (χ1) is 9.69. The Hall–Kier alpha value is -1.49. The Morgan fingerprint density at radius 1 is 1.45 bits per heavy atom. The number of pyridine rings is 1. The van der Waals surface area contributed by atoms with Gasteiger partial charge in [-0.1, -0.05) is 0 Å². The van der Waals surface area contributed by atoms with Crippen molar-refractivity contribution in [3.8, 4) is 0 Å². The van der Waals surface area contributed by atoms with Crippen molar-refractivity contribution in [2.45, 2.75) is 50.7 Å². The Labute approximate surface area is 118 Å². The van der Waals surface area contributed by atoms with Gasteiger partial charge >= 0.3 is 0 Å². The summed E-state index contributed by atoms with van der Waals surface area (Å²) in [6.45, 7) is 2.58. The lowest BCUT2D eigenvalue weighted by molar-refractivity contribution is 0.0626. The van der Waals surface area contributed by atoms with Gasteiger partial charge in [-0.05, 0) is 38.7 Å². The molecule has 3 rings (SSSR count). The van der Waals surface area contributed by atoms with Crippen LogP contribution in [0.25, 0.3) is 0 Å². The third-order valence-corrected chi connectivity index (χ3v) is 4.49. The molecule has 1 amide bonds. The highest BCUT2D eigenvalue weighted by Crippen LogP contribution is 2.30. The van der Waals surface area contributed by atoms with Gasteiger partial charge in [-0.15, -0.1) is 0 Å². The van der Waals surface area contributed by atoms with Gasteiger partial charge in [0.1, 0.15) is 0 Å². The molecule has 2 aliphatic heterocycles. The van der Waals surface area contributed by atoms with E-state index in [0.717, 1.165) is 19.0 Å². The summed E-state index contributed by atoms with van der Waals surface area (Å²) in [6.07, 6.45) is 6.90. The smallest absolute Gasteiger partial charge is 0.257 e. The second-order valence-electron chi connectivity index (χ2n) is 5.71. The first kappa shape index (κ1) is 13.5. The van der Waals surface area contributed by atoms with E-state index in [2.05, 4.69) is 10.3 Å². The topological polar surface area (TPSA) is 45.2 Å². The lowest BCUT2D eigenvalue weighted by Crippen LogP contribution is -2.50. The predicted octanol–water partition coefficient (Wildman–Crippen LogP) is 1.97. The Bertz CT molecular complexity index is 496. The molecule has 4 nitrogen and oxygen atoms in total. The highest BCUT2D eigenvalue weighted by molar-refractivity contribution is 5.94. The van der Waals surface area contributed by atoms with Crippen LogP contribution in [0, 0.1) is 5.82 Å². The fourth-order valence-electron chi connectivity index (χ4n) is 3.55. The Kier molecular flexibility index (Phi) is 3.70. The lowest BCUT2D eigenvalue weighted by atomic mass is 9.97. The van der Waals surface area contributed by atoms with E-state index < -0.39 is 5.82 Å². The summed E-state index contributed by atoms with van der Waals surface area (Å²) in [5, 5.41) is 3.57. The largest absolute Gasteiger partial charge is 0.336 e. The van der Waals surface area contributed by atoms with Gasteiger partial charge in [0.2, 0.25) is 0 Å². The molecule has 5 heteroatoms. The van der Waals surface area contributed by atoms with Gasteiger partial charge in [0.05, 0.1) is 11.8 Å². The van der Waals surface area contributed by atoms with Crippen LogP contribution in [-0.4, -0.2) is 40.5 Å². The zero-order chi connectivity index (χ0) is 14.1. The maximum Gasteiger partial charge on any atom is 0.257 e. The number of halogens is 1. The van der Waals surface area contributed by atoms with Crippen LogP contribution in [0.2, 0.25) is 0 Å². The highest BCUT2D eigenvalue weighted by Gasteiger charge is 2.37. The average molecular weight is 277 g/mol. The van der Waals surface area contributed by atoms with Crippen LogP contribution in [0.5, 0.6) is 0 Å².